The molecule has 6 rings (SSSR count). The summed E-state index contributed by atoms with van der Waals surface area (Å²) < 4.78 is 8.29. The second-order valence-corrected chi connectivity index (χ2v) is 9.26. The van der Waals surface area contributed by atoms with Gasteiger partial charge >= 0.3 is 0 Å². The van der Waals surface area contributed by atoms with E-state index in [1.165, 1.54) is 0 Å². The highest BCUT2D eigenvalue weighted by Gasteiger charge is 2.42. The van der Waals surface area contributed by atoms with Crippen LogP contribution in [0, 0.1) is 6.92 Å². The Labute approximate surface area is 221 Å². The van der Waals surface area contributed by atoms with Gasteiger partial charge in [-0.3, -0.25) is 9.97 Å². The van der Waals surface area contributed by atoms with E-state index in [4.69, 9.17) is 17.0 Å². The fraction of sp³-hybridized carbons (Fsp3) is 0.100. The zero-order valence-electron chi connectivity index (χ0n) is 20.2. The summed E-state index contributed by atoms with van der Waals surface area (Å²) in [6.07, 6.45) is 7.52. The zero-order valence-corrected chi connectivity index (χ0v) is 21.0. The van der Waals surface area contributed by atoms with E-state index in [1.807, 2.05) is 92.1 Å². The summed E-state index contributed by atoms with van der Waals surface area (Å²) in [7, 11) is 0. The number of nitrogens with zero attached hydrogens (tertiary/aromatic N) is 4. The number of anilines is 1. The number of aryl methyl sites for hydroxylation is 1. The normalized spacial score (nSPS) is 17.0. The smallest absolute Gasteiger partial charge is 0.174 e. The third-order valence-corrected chi connectivity index (χ3v) is 6.86. The van der Waals surface area contributed by atoms with Gasteiger partial charge in [0.15, 0.2) is 5.11 Å². The van der Waals surface area contributed by atoms with E-state index < -0.39 is 0 Å². The van der Waals surface area contributed by atoms with Crippen LogP contribution in [0.25, 0.3) is 5.69 Å². The van der Waals surface area contributed by atoms with Crippen LogP contribution in [0.5, 0.6) is 11.5 Å². The number of aromatic nitrogens is 3. The van der Waals surface area contributed by atoms with Crippen molar-refractivity contribution in [1.29, 1.82) is 0 Å². The Bertz CT molecular complexity index is 1520. The summed E-state index contributed by atoms with van der Waals surface area (Å²) >= 11 is 5.90. The maximum atomic E-state index is 6.13. The molecule has 1 saturated heterocycles. The molecule has 3 aromatic heterocycles. The number of rotatable bonds is 6. The van der Waals surface area contributed by atoms with Crippen LogP contribution in [-0.4, -0.2) is 19.6 Å². The van der Waals surface area contributed by atoms with E-state index in [2.05, 4.69) is 49.1 Å². The third-order valence-electron chi connectivity index (χ3n) is 6.54. The van der Waals surface area contributed by atoms with Crippen molar-refractivity contribution in [2.75, 3.05) is 4.90 Å². The largest absolute Gasteiger partial charge is 0.457 e. The first kappa shape index (κ1) is 22.9. The van der Waals surface area contributed by atoms with Gasteiger partial charge in [-0.15, -0.1) is 0 Å². The molecule has 37 heavy (non-hydrogen) atoms. The molecular formula is C30H25N5OS. The highest BCUT2D eigenvalue weighted by molar-refractivity contribution is 7.80. The second kappa shape index (κ2) is 9.87. The van der Waals surface area contributed by atoms with E-state index in [0.717, 1.165) is 39.8 Å². The van der Waals surface area contributed by atoms with Gasteiger partial charge in [-0.2, -0.15) is 0 Å². The van der Waals surface area contributed by atoms with Crippen LogP contribution in [0.3, 0.4) is 0 Å². The lowest BCUT2D eigenvalue weighted by Gasteiger charge is -2.29. The molecule has 182 valence electrons. The topological polar surface area (TPSA) is 55.2 Å². The molecule has 0 aliphatic carbocycles. The Hall–Kier alpha value is -4.49. The predicted octanol–water partition coefficient (Wildman–Crippen LogP) is 6.55. The van der Waals surface area contributed by atoms with E-state index in [-0.39, 0.29) is 12.1 Å². The zero-order chi connectivity index (χ0) is 25.2. The number of hydrogen-bond donors (Lipinski definition) is 1. The van der Waals surface area contributed by atoms with Crippen molar-refractivity contribution in [1.82, 2.24) is 19.9 Å². The first-order chi connectivity index (χ1) is 18.2. The standard InChI is InChI=1S/C30H25N5OS/c1-21-8-2-3-12-27(21)36-24-15-13-22(14-16-24)35-29(28(33-30(35)37)25-10-4-5-18-32-25)26-11-7-19-34(26)23-9-6-17-31-20-23/h2-20,28-29H,1H3,(H,33,37)/t28-,29+/m0/s1. The summed E-state index contributed by atoms with van der Waals surface area (Å²) in [5, 5.41) is 4.18. The molecule has 1 aliphatic rings. The average molecular weight is 504 g/mol. The number of nitrogens with one attached hydrogen (secondary N) is 1. The van der Waals surface area contributed by atoms with Gasteiger partial charge in [0.25, 0.3) is 0 Å². The molecular weight excluding hydrogens is 478 g/mol. The lowest BCUT2D eigenvalue weighted by Crippen LogP contribution is -2.30. The van der Waals surface area contributed by atoms with E-state index >= 15 is 0 Å². The predicted molar refractivity (Wildman–Crippen MR) is 149 cm³/mol. The Morgan fingerprint density at radius 3 is 2.43 bits per heavy atom. The summed E-state index contributed by atoms with van der Waals surface area (Å²) in [6, 6.07) is 29.9. The lowest BCUT2D eigenvalue weighted by molar-refractivity contribution is 0.479. The second-order valence-electron chi connectivity index (χ2n) is 8.87. The summed E-state index contributed by atoms with van der Waals surface area (Å²) in [5.41, 5.74) is 5.05. The number of pyridine rings is 2. The highest BCUT2D eigenvalue weighted by Crippen LogP contribution is 2.42. The van der Waals surface area contributed by atoms with Crippen LogP contribution < -0.4 is 15.0 Å². The molecule has 0 radical (unpaired) electrons. The van der Waals surface area contributed by atoms with Crippen molar-refractivity contribution >= 4 is 23.0 Å². The van der Waals surface area contributed by atoms with Gasteiger partial charge in [-0.25, -0.2) is 0 Å². The molecule has 5 aromatic rings. The summed E-state index contributed by atoms with van der Waals surface area (Å²) in [6.45, 7) is 2.04. The van der Waals surface area contributed by atoms with Crippen molar-refractivity contribution in [2.45, 2.75) is 19.0 Å². The molecule has 0 amide bonds. The first-order valence-electron chi connectivity index (χ1n) is 12.1. The average Bonchev–Trinajstić information content (AvgIpc) is 3.56. The molecule has 1 N–H and O–H groups in total. The van der Waals surface area contributed by atoms with E-state index in [1.54, 1.807) is 6.20 Å². The number of ether oxygens (including phenoxy) is 1. The minimum atomic E-state index is -0.138. The molecule has 0 bridgehead atoms. The van der Waals surface area contributed by atoms with Gasteiger partial charge < -0.3 is 19.5 Å². The minimum absolute atomic E-state index is 0.137. The number of benzene rings is 2. The van der Waals surface area contributed by atoms with Gasteiger partial charge in [0.1, 0.15) is 17.5 Å². The number of hydrogen-bond acceptors (Lipinski definition) is 4. The molecule has 6 nitrogen and oxygen atoms in total. The monoisotopic (exact) mass is 503 g/mol. The molecule has 0 saturated carbocycles. The Balaban J connectivity index is 1.39. The minimum Gasteiger partial charge on any atom is -0.457 e. The molecule has 2 atom stereocenters. The molecule has 0 unspecified atom stereocenters. The molecule has 7 heteroatoms. The maximum absolute atomic E-state index is 6.13. The SMILES string of the molecule is Cc1ccccc1Oc1ccc(N2C(=S)N[C@@H](c3ccccn3)[C@H]2c2cccn2-c2cccnc2)cc1. The van der Waals surface area contributed by atoms with Crippen LogP contribution >= 0.6 is 12.2 Å². The molecule has 1 aliphatic heterocycles. The van der Waals surface area contributed by atoms with Gasteiger partial charge in [0, 0.05) is 30.0 Å². The van der Waals surface area contributed by atoms with Crippen LogP contribution in [-0.2, 0) is 0 Å². The molecule has 4 heterocycles. The van der Waals surface area contributed by atoms with Crippen molar-refractivity contribution < 1.29 is 4.74 Å². The number of para-hydroxylation sites is 1. The van der Waals surface area contributed by atoms with Crippen molar-refractivity contribution in [2.24, 2.45) is 0 Å². The maximum Gasteiger partial charge on any atom is 0.174 e. The van der Waals surface area contributed by atoms with E-state index in [9.17, 15) is 0 Å². The van der Waals surface area contributed by atoms with Gasteiger partial charge in [0.05, 0.1) is 23.6 Å². The summed E-state index contributed by atoms with van der Waals surface area (Å²) in [5.74, 6) is 1.61. The molecule has 0 spiro atoms. The summed E-state index contributed by atoms with van der Waals surface area (Å²) in [4.78, 5) is 11.2. The van der Waals surface area contributed by atoms with Gasteiger partial charge in [-0.05, 0) is 91.4 Å². The quantitative estimate of drug-likeness (QED) is 0.265. The first-order valence-corrected chi connectivity index (χ1v) is 12.5. The van der Waals surface area contributed by atoms with Crippen LogP contribution in [0.1, 0.15) is 29.0 Å². The van der Waals surface area contributed by atoms with Crippen LogP contribution in [0.2, 0.25) is 0 Å². The van der Waals surface area contributed by atoms with Gasteiger partial charge in [0.2, 0.25) is 0 Å². The van der Waals surface area contributed by atoms with Gasteiger partial charge in [-0.1, -0.05) is 24.3 Å². The lowest BCUT2D eigenvalue weighted by atomic mass is 10.0. The Kier molecular flexibility index (Phi) is 6.12. The fourth-order valence-electron chi connectivity index (χ4n) is 4.77. The van der Waals surface area contributed by atoms with Crippen LogP contribution in [0.15, 0.2) is 116 Å². The fourth-order valence-corrected chi connectivity index (χ4v) is 5.12. The van der Waals surface area contributed by atoms with Crippen LogP contribution in [0.4, 0.5) is 5.69 Å². The van der Waals surface area contributed by atoms with Crippen molar-refractivity contribution in [3.63, 3.8) is 0 Å². The number of thiocarbonyl (C=S) groups is 1. The molecule has 2 aromatic carbocycles. The third kappa shape index (κ3) is 4.45. The van der Waals surface area contributed by atoms with E-state index in [0.29, 0.717) is 5.11 Å². The van der Waals surface area contributed by atoms with Crippen molar-refractivity contribution in [3.05, 3.63) is 133 Å². The van der Waals surface area contributed by atoms with Crippen molar-refractivity contribution in [3.8, 4) is 17.2 Å². The highest BCUT2D eigenvalue weighted by atomic mass is 32.1. The molecule has 1 fully saturated rings. The Morgan fingerprint density at radius 2 is 1.68 bits per heavy atom. The Morgan fingerprint density at radius 1 is 0.838 bits per heavy atom.